The molecule has 1 fully saturated rings. The van der Waals surface area contributed by atoms with Crippen molar-refractivity contribution in [1.29, 1.82) is 0 Å². The molecule has 6 nitrogen and oxygen atoms in total. The molecule has 1 aliphatic rings. The first-order chi connectivity index (χ1) is 12.6. The van der Waals surface area contributed by atoms with E-state index in [1.807, 2.05) is 30.3 Å². The zero-order valence-corrected chi connectivity index (χ0v) is 16.9. The fraction of sp³-hybridized carbons (Fsp3) is 0.600. The number of halogens is 1. The van der Waals surface area contributed by atoms with E-state index in [0.717, 1.165) is 19.3 Å². The lowest BCUT2D eigenvalue weighted by Gasteiger charge is -2.32. The molecule has 1 unspecified atom stereocenters. The van der Waals surface area contributed by atoms with Crippen LogP contribution in [0.4, 0.5) is 0 Å². The molecule has 1 aromatic rings. The fourth-order valence-electron chi connectivity index (χ4n) is 3.16. The molecule has 0 radical (unpaired) electrons. The summed E-state index contributed by atoms with van der Waals surface area (Å²) in [6.07, 6.45) is 4.46. The van der Waals surface area contributed by atoms with Crippen LogP contribution < -0.4 is 15.8 Å². The highest BCUT2D eigenvalue weighted by atomic mass is 35.5. The van der Waals surface area contributed by atoms with Crippen LogP contribution in [0.5, 0.6) is 5.75 Å². The highest BCUT2D eigenvalue weighted by Gasteiger charge is 2.28. The second-order valence-corrected chi connectivity index (χ2v) is 6.84. The minimum Gasteiger partial charge on any atom is -0.484 e. The highest BCUT2D eigenvalue weighted by Crippen LogP contribution is 2.18. The Morgan fingerprint density at radius 3 is 2.52 bits per heavy atom. The van der Waals surface area contributed by atoms with Gasteiger partial charge >= 0.3 is 0 Å². The molecule has 0 bridgehead atoms. The Morgan fingerprint density at radius 2 is 1.93 bits per heavy atom. The molecule has 0 aromatic heterocycles. The number of para-hydroxylation sites is 1. The van der Waals surface area contributed by atoms with Crippen molar-refractivity contribution in [2.75, 3.05) is 26.2 Å². The summed E-state index contributed by atoms with van der Waals surface area (Å²) in [6, 6.07) is 9.37. The van der Waals surface area contributed by atoms with Crippen LogP contribution in [-0.2, 0) is 9.59 Å². The van der Waals surface area contributed by atoms with Crippen molar-refractivity contribution >= 4 is 24.2 Å². The van der Waals surface area contributed by atoms with Gasteiger partial charge in [0.25, 0.3) is 5.91 Å². The number of nitrogens with two attached hydrogens (primary N) is 1. The molecule has 3 N–H and O–H groups in total. The van der Waals surface area contributed by atoms with Crippen molar-refractivity contribution < 1.29 is 14.3 Å². The van der Waals surface area contributed by atoms with E-state index in [1.54, 1.807) is 4.90 Å². The number of nitrogens with zero attached hydrogens (tertiary/aromatic N) is 1. The molecule has 27 heavy (non-hydrogen) atoms. The molecule has 2 amide bonds. The van der Waals surface area contributed by atoms with Crippen LogP contribution in [0.25, 0.3) is 0 Å². The van der Waals surface area contributed by atoms with Crippen LogP contribution in [0.3, 0.4) is 0 Å². The Hall–Kier alpha value is -1.79. The standard InChI is InChI=1S/C20H31N3O3.ClH/c1-2-3-7-17(14-21)22-20(25)16-10-12-23(13-11-16)19(24)15-26-18-8-5-4-6-9-18;/h4-6,8-9,16-17H,2-3,7,10-15,21H2,1H3,(H,22,25);1H. The minimum atomic E-state index is -0.0373. The number of nitrogens with one attached hydrogen (secondary N) is 1. The second-order valence-electron chi connectivity index (χ2n) is 6.84. The molecule has 7 heteroatoms. The summed E-state index contributed by atoms with van der Waals surface area (Å²) < 4.78 is 5.52. The third-order valence-corrected chi connectivity index (χ3v) is 4.86. The van der Waals surface area contributed by atoms with Gasteiger partial charge in [0, 0.05) is 31.6 Å². The molecule has 2 rings (SSSR count). The van der Waals surface area contributed by atoms with Crippen molar-refractivity contribution in [2.45, 2.75) is 45.1 Å². The van der Waals surface area contributed by atoms with E-state index < -0.39 is 0 Å². The van der Waals surface area contributed by atoms with Gasteiger partial charge in [-0.25, -0.2) is 0 Å². The smallest absolute Gasteiger partial charge is 0.260 e. The summed E-state index contributed by atoms with van der Waals surface area (Å²) in [5, 5.41) is 3.07. The van der Waals surface area contributed by atoms with Crippen molar-refractivity contribution in [2.24, 2.45) is 11.7 Å². The zero-order valence-electron chi connectivity index (χ0n) is 16.1. The zero-order chi connectivity index (χ0) is 18.8. The SMILES string of the molecule is CCCCC(CN)NC(=O)C1CCN(C(=O)COc2ccccc2)CC1.Cl. The molecule has 0 saturated carbocycles. The Labute approximate surface area is 168 Å². The first-order valence-corrected chi connectivity index (χ1v) is 9.60. The molecule has 1 atom stereocenters. The molecule has 152 valence electrons. The van der Waals surface area contributed by atoms with Gasteiger partial charge in [0.15, 0.2) is 6.61 Å². The predicted molar refractivity (Wildman–Crippen MR) is 109 cm³/mol. The lowest BCUT2D eigenvalue weighted by molar-refractivity contribution is -0.137. The quantitative estimate of drug-likeness (QED) is 0.669. The van der Waals surface area contributed by atoms with Crippen molar-refractivity contribution in [3.8, 4) is 5.75 Å². The Bertz CT molecular complexity index is 563. The van der Waals surface area contributed by atoms with E-state index in [0.29, 0.717) is 38.2 Å². The molecule has 1 aliphatic heterocycles. The van der Waals surface area contributed by atoms with E-state index in [2.05, 4.69) is 12.2 Å². The summed E-state index contributed by atoms with van der Waals surface area (Å²) in [7, 11) is 0. The number of ether oxygens (including phenoxy) is 1. The Balaban J connectivity index is 0.00000364. The van der Waals surface area contributed by atoms with Crippen LogP contribution in [0.1, 0.15) is 39.0 Å². The third-order valence-electron chi connectivity index (χ3n) is 4.86. The van der Waals surface area contributed by atoms with Crippen molar-refractivity contribution in [3.05, 3.63) is 30.3 Å². The van der Waals surface area contributed by atoms with Gasteiger partial charge in [0.05, 0.1) is 0 Å². The van der Waals surface area contributed by atoms with Gasteiger partial charge in [-0.1, -0.05) is 38.0 Å². The highest BCUT2D eigenvalue weighted by molar-refractivity contribution is 5.85. The Kier molecular flexibility index (Phi) is 10.8. The second kappa shape index (κ2) is 12.6. The molecule has 1 saturated heterocycles. The number of carbonyl (C=O) groups excluding carboxylic acids is 2. The molecule has 0 aliphatic carbocycles. The van der Waals surface area contributed by atoms with Crippen LogP contribution in [0, 0.1) is 5.92 Å². The minimum absolute atomic E-state index is 0. The lowest BCUT2D eigenvalue weighted by atomic mass is 9.95. The number of benzene rings is 1. The number of likely N-dealkylation sites (tertiary alicyclic amines) is 1. The number of hydrogen-bond acceptors (Lipinski definition) is 4. The third kappa shape index (κ3) is 7.77. The average molecular weight is 398 g/mol. The maximum absolute atomic E-state index is 12.4. The van der Waals surface area contributed by atoms with Gasteiger partial charge in [-0.3, -0.25) is 9.59 Å². The predicted octanol–water partition coefficient (Wildman–Crippen LogP) is 2.36. The number of carbonyl (C=O) groups is 2. The lowest BCUT2D eigenvalue weighted by Crippen LogP contribution is -2.47. The van der Waals surface area contributed by atoms with Gasteiger partial charge in [0.1, 0.15) is 5.75 Å². The summed E-state index contributed by atoms with van der Waals surface area (Å²) in [6.45, 7) is 3.82. The first-order valence-electron chi connectivity index (χ1n) is 9.60. The van der Waals surface area contributed by atoms with Gasteiger partial charge in [-0.05, 0) is 31.4 Å². The van der Waals surface area contributed by atoms with Gasteiger partial charge < -0.3 is 20.7 Å². The van der Waals surface area contributed by atoms with Crippen molar-refractivity contribution in [3.63, 3.8) is 0 Å². The number of amides is 2. The molecule has 1 aromatic carbocycles. The van der Waals surface area contributed by atoms with Crippen molar-refractivity contribution in [1.82, 2.24) is 10.2 Å². The summed E-state index contributed by atoms with van der Waals surface area (Å²) in [5.74, 6) is 0.694. The number of unbranched alkanes of at least 4 members (excludes halogenated alkanes) is 1. The molecular weight excluding hydrogens is 366 g/mol. The van der Waals surface area contributed by atoms with E-state index in [4.69, 9.17) is 10.5 Å². The fourth-order valence-corrected chi connectivity index (χ4v) is 3.16. The van der Waals surface area contributed by atoms with Gasteiger partial charge in [0.2, 0.25) is 5.91 Å². The van der Waals surface area contributed by atoms with Crippen LogP contribution in [0.2, 0.25) is 0 Å². The number of piperidine rings is 1. The van der Waals surface area contributed by atoms with Crippen LogP contribution in [-0.4, -0.2) is 49.0 Å². The number of hydrogen-bond donors (Lipinski definition) is 2. The molecule has 1 heterocycles. The first kappa shape index (κ1) is 23.2. The monoisotopic (exact) mass is 397 g/mol. The average Bonchev–Trinajstić information content (AvgIpc) is 2.70. The summed E-state index contributed by atoms with van der Waals surface area (Å²) in [5.41, 5.74) is 5.75. The maximum Gasteiger partial charge on any atom is 0.260 e. The Morgan fingerprint density at radius 1 is 1.26 bits per heavy atom. The maximum atomic E-state index is 12.4. The summed E-state index contributed by atoms with van der Waals surface area (Å²) in [4.78, 5) is 26.5. The normalized spacial score (nSPS) is 15.6. The van der Waals surface area contributed by atoms with Crippen LogP contribution in [0.15, 0.2) is 30.3 Å². The van der Waals surface area contributed by atoms with E-state index in [-0.39, 0.29) is 42.8 Å². The molecule has 0 spiro atoms. The van der Waals surface area contributed by atoms with E-state index in [1.165, 1.54) is 0 Å². The molecular formula is C20H32ClN3O3. The largest absolute Gasteiger partial charge is 0.484 e. The topological polar surface area (TPSA) is 84.7 Å². The van der Waals surface area contributed by atoms with Gasteiger partial charge in [-0.2, -0.15) is 0 Å². The van der Waals surface area contributed by atoms with Gasteiger partial charge in [-0.15, -0.1) is 12.4 Å². The summed E-state index contributed by atoms with van der Waals surface area (Å²) >= 11 is 0. The van der Waals surface area contributed by atoms with E-state index >= 15 is 0 Å². The van der Waals surface area contributed by atoms with E-state index in [9.17, 15) is 9.59 Å². The van der Waals surface area contributed by atoms with Crippen LogP contribution >= 0.6 is 12.4 Å². The number of rotatable bonds is 9.